The largest absolute Gasteiger partial charge is 0.390 e. The van der Waals surface area contributed by atoms with Gasteiger partial charge in [-0.1, -0.05) is 22.9 Å². The average Bonchev–Trinajstić information content (AvgIpc) is 2.10. The maximum absolute atomic E-state index is 11.4. The van der Waals surface area contributed by atoms with Crippen LogP contribution in [0.15, 0.2) is 0 Å². The first-order valence-electron chi connectivity index (χ1n) is 4.61. The number of imide groups is 1. The zero-order valence-corrected chi connectivity index (χ0v) is 9.66. The Labute approximate surface area is 91.4 Å². The lowest BCUT2D eigenvalue weighted by Crippen LogP contribution is -2.46. The van der Waals surface area contributed by atoms with Gasteiger partial charge in [0.2, 0.25) is 11.8 Å². The highest BCUT2D eigenvalue weighted by Gasteiger charge is 2.31. The van der Waals surface area contributed by atoms with E-state index in [4.69, 9.17) is 0 Å². The SMILES string of the molecule is CC1CC(=O)N(CC(O)CBr)C(=O)C1. The van der Waals surface area contributed by atoms with Crippen LogP contribution in [0.3, 0.4) is 0 Å². The van der Waals surface area contributed by atoms with Gasteiger partial charge in [-0.15, -0.1) is 0 Å². The molecule has 1 atom stereocenters. The molecule has 4 nitrogen and oxygen atoms in total. The summed E-state index contributed by atoms with van der Waals surface area (Å²) in [6, 6.07) is 0. The molecular formula is C9H14BrNO3. The highest BCUT2D eigenvalue weighted by molar-refractivity contribution is 9.09. The van der Waals surface area contributed by atoms with Crippen LogP contribution >= 0.6 is 15.9 Å². The Kier molecular flexibility index (Phi) is 4.07. The highest BCUT2D eigenvalue weighted by Crippen LogP contribution is 2.18. The number of piperidine rings is 1. The molecule has 1 aliphatic heterocycles. The van der Waals surface area contributed by atoms with Gasteiger partial charge in [0.05, 0.1) is 12.6 Å². The zero-order chi connectivity index (χ0) is 10.7. The lowest BCUT2D eigenvalue weighted by molar-refractivity contribution is -0.151. The average molecular weight is 264 g/mol. The van der Waals surface area contributed by atoms with E-state index in [1.165, 1.54) is 0 Å². The van der Waals surface area contributed by atoms with Crippen LogP contribution in [-0.4, -0.2) is 39.8 Å². The molecule has 0 aromatic carbocycles. The lowest BCUT2D eigenvalue weighted by Gasteiger charge is -2.29. The molecular weight excluding hydrogens is 250 g/mol. The molecule has 80 valence electrons. The van der Waals surface area contributed by atoms with Crippen LogP contribution in [0.4, 0.5) is 0 Å². The van der Waals surface area contributed by atoms with Crippen LogP contribution in [-0.2, 0) is 9.59 Å². The van der Waals surface area contributed by atoms with Crippen molar-refractivity contribution in [2.75, 3.05) is 11.9 Å². The molecule has 5 heteroatoms. The van der Waals surface area contributed by atoms with Crippen molar-refractivity contribution in [2.45, 2.75) is 25.9 Å². The number of amides is 2. The van der Waals surface area contributed by atoms with Crippen molar-refractivity contribution < 1.29 is 14.7 Å². The van der Waals surface area contributed by atoms with Crippen molar-refractivity contribution in [2.24, 2.45) is 5.92 Å². The number of β-amino-alcohol motifs (C(OH)–C–C–N with tert-alkyl or cyclic N) is 1. The highest BCUT2D eigenvalue weighted by atomic mass is 79.9. The van der Waals surface area contributed by atoms with E-state index in [2.05, 4.69) is 15.9 Å². The maximum Gasteiger partial charge on any atom is 0.229 e. The van der Waals surface area contributed by atoms with Gasteiger partial charge < -0.3 is 5.11 Å². The number of halogens is 1. The number of nitrogens with zero attached hydrogens (tertiary/aromatic N) is 1. The van der Waals surface area contributed by atoms with Crippen LogP contribution in [0.2, 0.25) is 0 Å². The van der Waals surface area contributed by atoms with E-state index in [1.54, 1.807) is 0 Å². The number of aliphatic hydroxyl groups is 1. The first-order chi connectivity index (χ1) is 6.54. The fraction of sp³-hybridized carbons (Fsp3) is 0.778. The fourth-order valence-electron chi connectivity index (χ4n) is 1.49. The molecule has 0 aromatic rings. The molecule has 1 rings (SSSR count). The Balaban J connectivity index is 2.59. The second kappa shape index (κ2) is 4.89. The van der Waals surface area contributed by atoms with Crippen LogP contribution in [0.1, 0.15) is 19.8 Å². The predicted octanol–water partition coefficient (Wildman–Crippen LogP) is 0.527. The molecule has 1 saturated heterocycles. The molecule has 1 unspecified atom stereocenters. The summed E-state index contributed by atoms with van der Waals surface area (Å²) >= 11 is 3.09. The Morgan fingerprint density at radius 1 is 1.50 bits per heavy atom. The summed E-state index contributed by atoms with van der Waals surface area (Å²) in [4.78, 5) is 24.0. The van der Waals surface area contributed by atoms with Crippen molar-refractivity contribution in [1.82, 2.24) is 4.90 Å². The number of aliphatic hydroxyl groups excluding tert-OH is 1. The summed E-state index contributed by atoms with van der Waals surface area (Å²) < 4.78 is 0. The van der Waals surface area contributed by atoms with Crippen LogP contribution in [0.25, 0.3) is 0 Å². The minimum atomic E-state index is -0.670. The normalized spacial score (nSPS) is 21.5. The third kappa shape index (κ3) is 2.78. The fourth-order valence-corrected chi connectivity index (χ4v) is 1.70. The van der Waals surface area contributed by atoms with E-state index in [-0.39, 0.29) is 24.3 Å². The molecule has 2 amide bonds. The number of hydrogen-bond acceptors (Lipinski definition) is 3. The number of likely N-dealkylation sites (tertiary alicyclic amines) is 1. The lowest BCUT2D eigenvalue weighted by atomic mass is 9.97. The molecule has 0 aliphatic carbocycles. The molecule has 1 N–H and O–H groups in total. The van der Waals surface area contributed by atoms with Crippen molar-refractivity contribution in [1.29, 1.82) is 0 Å². The summed E-state index contributed by atoms with van der Waals surface area (Å²) in [6.07, 6.45) is 0.137. The molecule has 0 spiro atoms. The second-order valence-electron chi connectivity index (χ2n) is 3.72. The van der Waals surface area contributed by atoms with E-state index in [0.29, 0.717) is 18.2 Å². The monoisotopic (exact) mass is 263 g/mol. The molecule has 0 aromatic heterocycles. The number of carbonyl (C=O) groups is 2. The topological polar surface area (TPSA) is 57.6 Å². The summed E-state index contributed by atoms with van der Waals surface area (Å²) in [5, 5.41) is 9.69. The molecule has 0 bridgehead atoms. The van der Waals surface area contributed by atoms with Gasteiger partial charge in [0.15, 0.2) is 0 Å². The first kappa shape index (κ1) is 11.7. The smallest absolute Gasteiger partial charge is 0.229 e. The van der Waals surface area contributed by atoms with E-state index in [9.17, 15) is 14.7 Å². The van der Waals surface area contributed by atoms with Gasteiger partial charge in [-0.25, -0.2) is 0 Å². The standard InChI is InChI=1S/C9H14BrNO3/c1-6-2-8(13)11(9(14)3-6)5-7(12)4-10/h6-7,12H,2-5H2,1H3. The van der Waals surface area contributed by atoms with Gasteiger partial charge >= 0.3 is 0 Å². The van der Waals surface area contributed by atoms with Crippen LogP contribution in [0, 0.1) is 5.92 Å². The third-order valence-electron chi connectivity index (χ3n) is 2.22. The summed E-state index contributed by atoms with van der Waals surface area (Å²) in [5.74, 6) is -0.213. The second-order valence-corrected chi connectivity index (χ2v) is 4.37. The van der Waals surface area contributed by atoms with E-state index in [1.807, 2.05) is 6.92 Å². The van der Waals surface area contributed by atoms with E-state index >= 15 is 0 Å². The molecule has 0 saturated carbocycles. The molecule has 1 heterocycles. The van der Waals surface area contributed by atoms with Gasteiger partial charge in [-0.2, -0.15) is 0 Å². The van der Waals surface area contributed by atoms with Crippen LogP contribution in [0.5, 0.6) is 0 Å². The number of hydrogen-bond donors (Lipinski definition) is 1. The van der Waals surface area contributed by atoms with Gasteiger partial charge in [-0.3, -0.25) is 14.5 Å². The minimum Gasteiger partial charge on any atom is -0.390 e. The molecule has 1 aliphatic rings. The van der Waals surface area contributed by atoms with Crippen molar-refractivity contribution in [3.05, 3.63) is 0 Å². The van der Waals surface area contributed by atoms with Crippen molar-refractivity contribution in [3.63, 3.8) is 0 Å². The minimum absolute atomic E-state index is 0.107. The van der Waals surface area contributed by atoms with Gasteiger partial charge in [-0.05, 0) is 5.92 Å². The van der Waals surface area contributed by atoms with Crippen molar-refractivity contribution in [3.8, 4) is 0 Å². The van der Waals surface area contributed by atoms with Gasteiger partial charge in [0, 0.05) is 18.2 Å². The number of alkyl halides is 1. The molecule has 1 fully saturated rings. The quantitative estimate of drug-likeness (QED) is 0.597. The maximum atomic E-state index is 11.4. The van der Waals surface area contributed by atoms with Crippen molar-refractivity contribution >= 4 is 27.7 Å². The predicted molar refractivity (Wildman–Crippen MR) is 54.9 cm³/mol. The van der Waals surface area contributed by atoms with Gasteiger partial charge in [0.1, 0.15) is 0 Å². The van der Waals surface area contributed by atoms with E-state index < -0.39 is 6.10 Å². The summed E-state index contributed by atoms with van der Waals surface area (Å²) in [6.45, 7) is 1.99. The Hall–Kier alpha value is -0.420. The summed E-state index contributed by atoms with van der Waals surface area (Å²) in [7, 11) is 0. The summed E-state index contributed by atoms with van der Waals surface area (Å²) in [5.41, 5.74) is 0. The third-order valence-corrected chi connectivity index (χ3v) is 2.97. The first-order valence-corrected chi connectivity index (χ1v) is 5.74. The van der Waals surface area contributed by atoms with E-state index in [0.717, 1.165) is 4.90 Å². The Morgan fingerprint density at radius 3 is 2.43 bits per heavy atom. The van der Waals surface area contributed by atoms with Crippen LogP contribution < -0.4 is 0 Å². The number of rotatable bonds is 3. The Bertz CT molecular complexity index is 226. The zero-order valence-electron chi connectivity index (χ0n) is 8.07. The van der Waals surface area contributed by atoms with Gasteiger partial charge in [0.25, 0.3) is 0 Å². The Morgan fingerprint density at radius 2 is 2.00 bits per heavy atom. The number of carbonyl (C=O) groups excluding carboxylic acids is 2. The molecule has 14 heavy (non-hydrogen) atoms. The molecule has 0 radical (unpaired) electrons.